The summed E-state index contributed by atoms with van der Waals surface area (Å²) < 4.78 is 6.56. The summed E-state index contributed by atoms with van der Waals surface area (Å²) in [5.41, 5.74) is 21.7. The lowest BCUT2D eigenvalue weighted by atomic mass is 9.33. The normalized spacial score (nSPS) is 12.5. The van der Waals surface area contributed by atoms with Crippen LogP contribution in [-0.2, 0) is 0 Å². The van der Waals surface area contributed by atoms with Crippen molar-refractivity contribution >= 4 is 68.5 Å². The van der Waals surface area contributed by atoms with Crippen LogP contribution in [0.3, 0.4) is 0 Å². The van der Waals surface area contributed by atoms with E-state index in [1.807, 2.05) is 12.1 Å². The average molecular weight is 843 g/mol. The summed E-state index contributed by atoms with van der Waals surface area (Å²) in [4.78, 5) is 14.5. The van der Waals surface area contributed by atoms with Crippen molar-refractivity contribution in [2.24, 2.45) is 0 Å². The first kappa shape index (κ1) is 37.8. The zero-order chi connectivity index (χ0) is 43.6. The Labute approximate surface area is 383 Å². The zero-order valence-corrected chi connectivity index (χ0v) is 35.8. The van der Waals surface area contributed by atoms with Gasteiger partial charge in [-0.3, -0.25) is 0 Å². The van der Waals surface area contributed by atoms with Crippen molar-refractivity contribution in [3.05, 3.63) is 237 Å². The minimum atomic E-state index is -0.119. The Morgan fingerprint density at radius 2 is 0.758 bits per heavy atom. The number of nitrogens with zero attached hydrogens (tertiary/aromatic N) is 4. The Bertz CT molecular complexity index is 3350. The summed E-state index contributed by atoms with van der Waals surface area (Å²) in [6.07, 6.45) is 1.76. The molecule has 4 heterocycles. The minimum Gasteiger partial charge on any atom is -0.434 e. The highest BCUT2D eigenvalue weighted by atomic mass is 16.3. The summed E-state index contributed by atoms with van der Waals surface area (Å²) in [5.74, 6) is 0.522. The van der Waals surface area contributed by atoms with Crippen molar-refractivity contribution in [1.82, 2.24) is 9.97 Å². The van der Waals surface area contributed by atoms with Gasteiger partial charge >= 0.3 is 0 Å². The maximum atomic E-state index is 6.56. The fourth-order valence-corrected chi connectivity index (χ4v) is 10.1. The van der Waals surface area contributed by atoms with Crippen LogP contribution in [-0.4, -0.2) is 16.7 Å². The minimum absolute atomic E-state index is 0.119. The largest absolute Gasteiger partial charge is 0.434 e. The van der Waals surface area contributed by atoms with Crippen LogP contribution in [0, 0.1) is 0 Å². The van der Waals surface area contributed by atoms with Crippen LogP contribution in [0.4, 0.5) is 34.1 Å². The third-order valence-corrected chi connectivity index (χ3v) is 13.2. The standard InChI is InChI=1S/C60H39BN4O/c1-5-14-40(15-6-1)44-23-29-49(30-24-44)64-53-33-27-46(42-18-9-3-10-19-42)36-51(53)61-52-37-47(43-20-11-4-12-21-43)28-34-54(52)65(50-31-25-45(26-32-50)41-16-7-2-8-17-41)56-39-48(38-55(64)58(56)61)60-63-59-57(66-60)22-13-35-62-59/h1-39H. The third kappa shape index (κ3) is 6.34. The van der Waals surface area contributed by atoms with E-state index < -0.39 is 0 Å². The number of pyridine rings is 1. The average Bonchev–Trinajstić information content (AvgIpc) is 3.84. The molecule has 0 spiro atoms. The molecule has 0 amide bonds. The molecule has 308 valence electrons. The SMILES string of the molecule is c1ccc(-c2ccc(N3c4ccc(-c5ccccc5)cc4B4c5cc(-c6ccccc6)ccc5N(c5ccc(-c6ccccc6)cc5)c5cc(-c6nc7ncccc7o6)cc3c54)cc2)cc1. The highest BCUT2D eigenvalue weighted by Crippen LogP contribution is 2.47. The lowest BCUT2D eigenvalue weighted by Gasteiger charge is -2.44. The zero-order valence-electron chi connectivity index (χ0n) is 35.8. The van der Waals surface area contributed by atoms with Gasteiger partial charge in [0.1, 0.15) is 0 Å². The van der Waals surface area contributed by atoms with Crippen molar-refractivity contribution in [1.29, 1.82) is 0 Å². The van der Waals surface area contributed by atoms with Gasteiger partial charge in [-0.25, -0.2) is 4.98 Å². The molecular formula is C60H39BN4O. The summed E-state index contributed by atoms with van der Waals surface area (Å²) in [5, 5.41) is 0. The maximum absolute atomic E-state index is 6.56. The summed E-state index contributed by atoms with van der Waals surface area (Å²) in [6, 6.07) is 83.0. The van der Waals surface area contributed by atoms with Crippen molar-refractivity contribution in [3.8, 4) is 56.0 Å². The Morgan fingerprint density at radius 3 is 1.20 bits per heavy atom. The van der Waals surface area contributed by atoms with Gasteiger partial charge in [-0.05, 0) is 122 Å². The first-order valence-electron chi connectivity index (χ1n) is 22.4. The van der Waals surface area contributed by atoms with Crippen LogP contribution in [0.2, 0.25) is 0 Å². The van der Waals surface area contributed by atoms with Crippen LogP contribution >= 0.6 is 0 Å². The second-order valence-corrected chi connectivity index (χ2v) is 17.0. The third-order valence-electron chi connectivity index (χ3n) is 13.2. The number of anilines is 6. The second kappa shape index (κ2) is 15.5. The lowest BCUT2D eigenvalue weighted by Crippen LogP contribution is -2.61. The summed E-state index contributed by atoms with van der Waals surface area (Å²) in [6.45, 7) is -0.119. The van der Waals surface area contributed by atoms with Gasteiger partial charge in [-0.15, -0.1) is 0 Å². The molecule has 0 saturated heterocycles. The van der Waals surface area contributed by atoms with Gasteiger partial charge in [-0.2, -0.15) is 4.98 Å². The first-order valence-corrected chi connectivity index (χ1v) is 22.4. The van der Waals surface area contributed by atoms with Gasteiger partial charge in [0.15, 0.2) is 11.2 Å². The van der Waals surface area contributed by atoms with E-state index in [4.69, 9.17) is 9.40 Å². The predicted octanol–water partition coefficient (Wildman–Crippen LogP) is 13.6. The van der Waals surface area contributed by atoms with Crippen LogP contribution in [0.15, 0.2) is 241 Å². The monoisotopic (exact) mass is 842 g/mol. The molecule has 2 aliphatic rings. The van der Waals surface area contributed by atoms with Crippen LogP contribution in [0.5, 0.6) is 0 Å². The summed E-state index contributed by atoms with van der Waals surface area (Å²) in [7, 11) is 0. The fraction of sp³-hybridized carbons (Fsp3) is 0. The van der Waals surface area contributed by atoms with E-state index >= 15 is 0 Å². The van der Waals surface area contributed by atoms with E-state index in [0.717, 1.165) is 50.8 Å². The molecule has 0 aliphatic carbocycles. The van der Waals surface area contributed by atoms with Gasteiger partial charge in [0.05, 0.1) is 0 Å². The highest BCUT2D eigenvalue weighted by molar-refractivity contribution is 7.00. The molecular weight excluding hydrogens is 803 g/mol. The van der Waals surface area contributed by atoms with E-state index in [9.17, 15) is 0 Å². The number of rotatable bonds is 7. The molecule has 0 unspecified atom stereocenters. The van der Waals surface area contributed by atoms with E-state index in [2.05, 4.69) is 233 Å². The van der Waals surface area contributed by atoms with Crippen molar-refractivity contribution in [2.45, 2.75) is 0 Å². The number of hydrogen-bond donors (Lipinski definition) is 0. The molecule has 9 aromatic carbocycles. The van der Waals surface area contributed by atoms with Crippen LogP contribution < -0.4 is 26.2 Å². The predicted molar refractivity (Wildman–Crippen MR) is 273 cm³/mol. The van der Waals surface area contributed by atoms with Crippen molar-refractivity contribution in [2.75, 3.05) is 9.80 Å². The Balaban J connectivity index is 1.11. The van der Waals surface area contributed by atoms with E-state index in [1.54, 1.807) is 6.20 Å². The Kier molecular flexibility index (Phi) is 8.88. The Morgan fingerprint density at radius 1 is 0.348 bits per heavy atom. The van der Waals surface area contributed by atoms with Gasteiger partial charge < -0.3 is 14.2 Å². The summed E-state index contributed by atoms with van der Waals surface area (Å²) >= 11 is 0. The van der Waals surface area contributed by atoms with Gasteiger partial charge in [0.25, 0.3) is 6.71 Å². The molecule has 5 nitrogen and oxygen atoms in total. The molecule has 11 aromatic rings. The molecule has 2 aliphatic heterocycles. The number of hydrogen-bond acceptors (Lipinski definition) is 5. The van der Waals surface area contributed by atoms with Crippen molar-refractivity contribution in [3.63, 3.8) is 0 Å². The number of aromatic nitrogens is 2. The topological polar surface area (TPSA) is 45.4 Å². The molecule has 0 N–H and O–H groups in total. The van der Waals surface area contributed by atoms with E-state index in [1.165, 1.54) is 49.8 Å². The molecule has 13 rings (SSSR count). The lowest BCUT2D eigenvalue weighted by molar-refractivity contribution is 0.619. The molecule has 66 heavy (non-hydrogen) atoms. The molecule has 0 fully saturated rings. The number of benzene rings is 9. The fourth-order valence-electron chi connectivity index (χ4n) is 10.1. The van der Waals surface area contributed by atoms with E-state index in [0.29, 0.717) is 17.1 Å². The molecule has 6 heteroatoms. The smallest absolute Gasteiger partial charge is 0.252 e. The highest BCUT2D eigenvalue weighted by Gasteiger charge is 2.44. The quantitative estimate of drug-likeness (QED) is 0.150. The molecule has 0 radical (unpaired) electrons. The van der Waals surface area contributed by atoms with Gasteiger partial charge in [0.2, 0.25) is 5.89 Å². The molecule has 0 saturated carbocycles. The van der Waals surface area contributed by atoms with Crippen molar-refractivity contribution < 1.29 is 4.42 Å². The molecule has 2 aromatic heterocycles. The Hall–Kier alpha value is -8.74. The number of fused-ring (bicyclic) bond motifs is 5. The molecule has 0 atom stereocenters. The maximum Gasteiger partial charge on any atom is 0.252 e. The van der Waals surface area contributed by atoms with Gasteiger partial charge in [-0.1, -0.05) is 170 Å². The van der Waals surface area contributed by atoms with E-state index in [-0.39, 0.29) is 6.71 Å². The molecule has 0 bridgehead atoms. The van der Waals surface area contributed by atoms with Crippen LogP contribution in [0.25, 0.3) is 67.2 Å². The second-order valence-electron chi connectivity index (χ2n) is 17.0. The first-order chi connectivity index (χ1) is 32.7. The number of oxazole rings is 1. The van der Waals surface area contributed by atoms with Crippen LogP contribution in [0.1, 0.15) is 0 Å². The van der Waals surface area contributed by atoms with Gasteiger partial charge in [0, 0.05) is 45.9 Å².